The van der Waals surface area contributed by atoms with E-state index >= 15 is 0 Å². The summed E-state index contributed by atoms with van der Waals surface area (Å²) in [4.78, 5) is 46.1. The van der Waals surface area contributed by atoms with Crippen LogP contribution in [0.25, 0.3) is 11.0 Å². The van der Waals surface area contributed by atoms with Crippen molar-refractivity contribution < 1.29 is 14.0 Å². The number of carbonyl (C=O) groups excluding carboxylic acids is 2. The molecule has 9 heteroatoms. The largest absolute Gasteiger partial charge is 0.450 e. The molecule has 1 spiro atoms. The fourth-order valence-electron chi connectivity index (χ4n) is 5.63. The maximum Gasteiger partial charge on any atom is 0.297 e. The molecule has 6 rings (SSSR count). The number of carbonyl (C=O) groups is 2. The van der Waals surface area contributed by atoms with Crippen LogP contribution in [0.4, 0.5) is 10.8 Å². The van der Waals surface area contributed by atoms with Crippen molar-refractivity contribution in [3.63, 3.8) is 0 Å². The molecule has 0 bridgehead atoms. The topological polar surface area (TPSA) is 96.6 Å². The third-order valence-corrected chi connectivity index (χ3v) is 8.35. The summed E-state index contributed by atoms with van der Waals surface area (Å²) in [7, 11) is 0. The molecule has 1 atom stereocenters. The van der Waals surface area contributed by atoms with E-state index in [4.69, 9.17) is 4.42 Å². The van der Waals surface area contributed by atoms with Crippen LogP contribution in [0.5, 0.6) is 0 Å². The molecule has 0 radical (unpaired) electrons. The number of anilines is 2. The first-order chi connectivity index (χ1) is 18.2. The van der Waals surface area contributed by atoms with Gasteiger partial charge in [0.2, 0.25) is 10.9 Å². The minimum absolute atomic E-state index is 0.0508. The van der Waals surface area contributed by atoms with Crippen molar-refractivity contribution >= 4 is 44.9 Å². The quantitative estimate of drug-likeness (QED) is 0.357. The Bertz CT molecular complexity index is 1700. The smallest absolute Gasteiger partial charge is 0.297 e. The standard InChI is InChI=1S/C29H28N4O4S/c1-6-11-32-20-10-8-7-9-19(20)29(27(32)36)23-24(34)18-13-16(4)17(5)14-21(18)37-25(23)26(35)33(29)28-31-30-22(38-28)12-15(2)3/h7-10,13-15H,6,11-12H2,1-5H3. The highest BCUT2D eigenvalue weighted by Gasteiger charge is 2.66. The fourth-order valence-corrected chi connectivity index (χ4v) is 6.73. The highest BCUT2D eigenvalue weighted by Crippen LogP contribution is 2.54. The van der Waals surface area contributed by atoms with Gasteiger partial charge in [0.1, 0.15) is 10.6 Å². The van der Waals surface area contributed by atoms with Gasteiger partial charge in [-0.2, -0.15) is 0 Å². The van der Waals surface area contributed by atoms with Gasteiger partial charge in [-0.15, -0.1) is 10.2 Å². The van der Waals surface area contributed by atoms with E-state index in [0.29, 0.717) is 47.5 Å². The number of hydrogen-bond donors (Lipinski definition) is 0. The first-order valence-electron chi connectivity index (χ1n) is 12.9. The number of benzene rings is 2. The number of amides is 2. The zero-order chi connectivity index (χ0) is 26.9. The Morgan fingerprint density at radius 3 is 2.53 bits per heavy atom. The first-order valence-corrected chi connectivity index (χ1v) is 13.7. The Morgan fingerprint density at radius 2 is 1.79 bits per heavy atom. The van der Waals surface area contributed by atoms with Crippen LogP contribution < -0.4 is 15.2 Å². The van der Waals surface area contributed by atoms with Crippen molar-refractivity contribution in [3.05, 3.63) is 79.6 Å². The summed E-state index contributed by atoms with van der Waals surface area (Å²) in [5.41, 5.74) is 1.39. The van der Waals surface area contributed by atoms with Crippen LogP contribution in [0.1, 0.15) is 65.0 Å². The Hall–Kier alpha value is -3.85. The lowest BCUT2D eigenvalue weighted by molar-refractivity contribution is -0.121. The highest BCUT2D eigenvalue weighted by molar-refractivity contribution is 7.15. The molecule has 2 amide bonds. The van der Waals surface area contributed by atoms with E-state index in [9.17, 15) is 14.4 Å². The molecule has 0 fully saturated rings. The van der Waals surface area contributed by atoms with Crippen LogP contribution in [0, 0.1) is 19.8 Å². The molecule has 2 aliphatic rings. The van der Waals surface area contributed by atoms with E-state index in [1.807, 2.05) is 45.0 Å². The maximum atomic E-state index is 14.6. The molecule has 2 aromatic heterocycles. The average Bonchev–Trinajstić information content (AvgIpc) is 3.50. The molecular formula is C29H28N4O4S. The summed E-state index contributed by atoms with van der Waals surface area (Å²) >= 11 is 1.27. The zero-order valence-electron chi connectivity index (χ0n) is 22.0. The summed E-state index contributed by atoms with van der Waals surface area (Å²) in [5.74, 6) is -0.701. The number of para-hydroxylation sites is 1. The van der Waals surface area contributed by atoms with Gasteiger partial charge < -0.3 is 9.32 Å². The Labute approximate surface area is 223 Å². The molecule has 0 saturated carbocycles. The van der Waals surface area contributed by atoms with Crippen LogP contribution in [-0.4, -0.2) is 28.6 Å². The minimum Gasteiger partial charge on any atom is -0.450 e. The lowest BCUT2D eigenvalue weighted by Crippen LogP contribution is -2.53. The summed E-state index contributed by atoms with van der Waals surface area (Å²) in [6.45, 7) is 10.4. The van der Waals surface area contributed by atoms with Crippen LogP contribution >= 0.6 is 11.3 Å². The van der Waals surface area contributed by atoms with Crippen LogP contribution in [0.15, 0.2) is 45.6 Å². The molecule has 0 saturated heterocycles. The number of aryl methyl sites for hydroxylation is 2. The fraction of sp³-hybridized carbons (Fsp3) is 0.345. The third-order valence-electron chi connectivity index (χ3n) is 7.42. The van der Waals surface area contributed by atoms with Gasteiger partial charge >= 0.3 is 0 Å². The molecule has 8 nitrogen and oxygen atoms in total. The maximum absolute atomic E-state index is 14.6. The normalized spacial score (nSPS) is 18.4. The highest BCUT2D eigenvalue weighted by atomic mass is 32.1. The average molecular weight is 529 g/mol. The van der Waals surface area contributed by atoms with Gasteiger partial charge in [0.05, 0.1) is 16.6 Å². The zero-order valence-corrected chi connectivity index (χ0v) is 22.8. The Kier molecular flexibility index (Phi) is 5.54. The Balaban J connectivity index is 1.72. The molecule has 0 N–H and O–H groups in total. The van der Waals surface area contributed by atoms with Gasteiger partial charge in [-0.3, -0.25) is 19.3 Å². The van der Waals surface area contributed by atoms with Gasteiger partial charge in [-0.1, -0.05) is 50.3 Å². The predicted molar refractivity (Wildman–Crippen MR) is 147 cm³/mol. The van der Waals surface area contributed by atoms with E-state index < -0.39 is 11.4 Å². The molecule has 1 unspecified atom stereocenters. The summed E-state index contributed by atoms with van der Waals surface area (Å²) < 4.78 is 6.20. The number of hydrogen-bond acceptors (Lipinski definition) is 7. The number of fused-ring (bicyclic) bond motifs is 5. The van der Waals surface area contributed by atoms with Crippen molar-refractivity contribution in [2.75, 3.05) is 16.3 Å². The van der Waals surface area contributed by atoms with E-state index in [-0.39, 0.29) is 27.8 Å². The minimum atomic E-state index is -1.72. The number of aromatic nitrogens is 2. The molecule has 0 aliphatic carbocycles. The second-order valence-corrected chi connectivity index (χ2v) is 11.5. The molecule has 4 heterocycles. The van der Waals surface area contributed by atoms with Crippen LogP contribution in [-0.2, 0) is 16.8 Å². The molecule has 4 aromatic rings. The number of rotatable bonds is 5. The van der Waals surface area contributed by atoms with E-state index in [2.05, 4.69) is 24.0 Å². The lowest BCUT2D eigenvalue weighted by atomic mass is 9.84. The van der Waals surface area contributed by atoms with Crippen molar-refractivity contribution in [1.29, 1.82) is 0 Å². The summed E-state index contributed by atoms with van der Waals surface area (Å²) in [6.07, 6.45) is 1.39. The van der Waals surface area contributed by atoms with Crippen molar-refractivity contribution in [1.82, 2.24) is 10.2 Å². The van der Waals surface area contributed by atoms with Gasteiger partial charge in [0.15, 0.2) is 11.0 Å². The Morgan fingerprint density at radius 1 is 1.05 bits per heavy atom. The van der Waals surface area contributed by atoms with Crippen LogP contribution in [0.3, 0.4) is 0 Å². The predicted octanol–water partition coefficient (Wildman–Crippen LogP) is 5.12. The second kappa shape index (κ2) is 8.59. The van der Waals surface area contributed by atoms with Gasteiger partial charge in [0, 0.05) is 18.5 Å². The van der Waals surface area contributed by atoms with E-state index in [1.165, 1.54) is 16.2 Å². The van der Waals surface area contributed by atoms with Crippen molar-refractivity contribution in [3.8, 4) is 0 Å². The number of nitrogens with zero attached hydrogens (tertiary/aromatic N) is 4. The lowest BCUT2D eigenvalue weighted by Gasteiger charge is -2.32. The van der Waals surface area contributed by atoms with Gasteiger partial charge in [0.25, 0.3) is 11.8 Å². The SMILES string of the molecule is CCCN1C(=O)C2(c3ccccc31)c1c(oc3cc(C)c(C)cc3c1=O)C(=O)N2c1nnc(CC(C)C)s1. The second-order valence-electron chi connectivity index (χ2n) is 10.5. The molecule has 194 valence electrons. The third kappa shape index (κ3) is 3.17. The molecule has 2 aromatic carbocycles. The van der Waals surface area contributed by atoms with Crippen LogP contribution in [0.2, 0.25) is 0 Å². The summed E-state index contributed by atoms with van der Waals surface area (Å²) in [6, 6.07) is 10.9. The van der Waals surface area contributed by atoms with E-state index in [1.54, 1.807) is 17.0 Å². The van der Waals surface area contributed by atoms with Crippen molar-refractivity contribution in [2.45, 2.75) is 53.0 Å². The first kappa shape index (κ1) is 24.5. The monoisotopic (exact) mass is 528 g/mol. The summed E-state index contributed by atoms with van der Waals surface area (Å²) in [5, 5.41) is 10.1. The molecular weight excluding hydrogens is 500 g/mol. The van der Waals surface area contributed by atoms with E-state index in [0.717, 1.165) is 16.1 Å². The van der Waals surface area contributed by atoms with Gasteiger partial charge in [-0.05, 0) is 55.5 Å². The van der Waals surface area contributed by atoms with Crippen molar-refractivity contribution in [2.24, 2.45) is 5.92 Å². The molecule has 38 heavy (non-hydrogen) atoms. The van der Waals surface area contributed by atoms with Gasteiger partial charge in [-0.25, -0.2) is 0 Å². The molecule has 2 aliphatic heterocycles.